The van der Waals surface area contributed by atoms with Gasteiger partial charge in [0.25, 0.3) is 0 Å². The van der Waals surface area contributed by atoms with Crippen LogP contribution in [-0.2, 0) is 6.18 Å². The number of nitriles is 1. The smallest absolute Gasteiger partial charge is 0.369 e. The number of aliphatic imine (C=N–C) groups is 1. The van der Waals surface area contributed by atoms with Gasteiger partial charge < -0.3 is 4.90 Å². The number of aromatic nitrogens is 3. The first-order valence-electron chi connectivity index (χ1n) is 6.27. The van der Waals surface area contributed by atoms with Crippen LogP contribution in [0.25, 0.3) is 5.82 Å². The van der Waals surface area contributed by atoms with Crippen molar-refractivity contribution in [3.63, 3.8) is 0 Å². The summed E-state index contributed by atoms with van der Waals surface area (Å²) < 4.78 is 39.5. The topological polar surface area (TPSA) is 70.1 Å². The second-order valence-corrected chi connectivity index (χ2v) is 5.51. The van der Waals surface area contributed by atoms with Crippen LogP contribution in [0.2, 0.25) is 10.2 Å². The molecule has 0 amide bonds. The van der Waals surface area contributed by atoms with Gasteiger partial charge in [-0.3, -0.25) is 0 Å². The Labute approximate surface area is 144 Å². The van der Waals surface area contributed by atoms with Gasteiger partial charge in [-0.15, -0.1) is 0 Å². The Hall–Kier alpha value is -2.31. The molecule has 0 saturated carbocycles. The zero-order valence-corrected chi connectivity index (χ0v) is 13.8. The molecule has 0 aliphatic carbocycles. The Bertz CT molecular complexity index is 835. The average molecular weight is 377 g/mol. The van der Waals surface area contributed by atoms with Crippen LogP contribution in [0.1, 0.15) is 11.1 Å². The molecule has 0 N–H and O–H groups in total. The monoisotopic (exact) mass is 376 g/mol. The van der Waals surface area contributed by atoms with Gasteiger partial charge in [0.15, 0.2) is 11.6 Å². The minimum atomic E-state index is -4.69. The second kappa shape index (κ2) is 6.67. The lowest BCUT2D eigenvalue weighted by Crippen LogP contribution is -2.10. The largest absolute Gasteiger partial charge is 0.419 e. The third kappa shape index (κ3) is 3.60. The van der Waals surface area contributed by atoms with Crippen LogP contribution in [0.4, 0.5) is 19.0 Å². The van der Waals surface area contributed by atoms with Crippen LogP contribution in [0, 0.1) is 11.3 Å². The van der Waals surface area contributed by atoms with Crippen LogP contribution in [0.15, 0.2) is 17.3 Å². The Morgan fingerprint density at radius 1 is 1.38 bits per heavy atom. The third-order valence-electron chi connectivity index (χ3n) is 2.69. The molecule has 24 heavy (non-hydrogen) atoms. The van der Waals surface area contributed by atoms with Gasteiger partial charge in [0.05, 0.1) is 23.1 Å². The summed E-state index contributed by atoms with van der Waals surface area (Å²) in [5.74, 6) is -0.0986. The quantitative estimate of drug-likeness (QED) is 0.465. The Kier molecular flexibility index (Phi) is 5.01. The molecule has 2 rings (SSSR count). The summed E-state index contributed by atoms with van der Waals surface area (Å²) in [4.78, 5) is 9.34. The Morgan fingerprint density at radius 3 is 2.58 bits per heavy atom. The van der Waals surface area contributed by atoms with E-state index < -0.39 is 16.9 Å². The van der Waals surface area contributed by atoms with E-state index >= 15 is 0 Å². The number of rotatable bonds is 3. The molecule has 0 aromatic carbocycles. The van der Waals surface area contributed by atoms with Crippen molar-refractivity contribution in [2.75, 3.05) is 14.1 Å². The molecule has 0 radical (unpaired) electrons. The SMILES string of the molecule is CN(C)/C=N/c1c(C#N)cnn1-c1nc(Cl)c(C(F)(F)F)cc1Cl. The highest BCUT2D eigenvalue weighted by atomic mass is 35.5. The van der Waals surface area contributed by atoms with Crippen LogP contribution in [0.5, 0.6) is 0 Å². The molecular weight excluding hydrogens is 368 g/mol. The molecule has 0 fully saturated rings. The van der Waals surface area contributed by atoms with E-state index in [9.17, 15) is 13.2 Å². The summed E-state index contributed by atoms with van der Waals surface area (Å²) in [6.45, 7) is 0. The van der Waals surface area contributed by atoms with Gasteiger partial charge in [0.2, 0.25) is 0 Å². The lowest BCUT2D eigenvalue weighted by molar-refractivity contribution is -0.137. The lowest BCUT2D eigenvalue weighted by atomic mass is 10.2. The molecule has 2 aromatic heterocycles. The van der Waals surface area contributed by atoms with Gasteiger partial charge in [-0.05, 0) is 6.07 Å². The summed E-state index contributed by atoms with van der Waals surface area (Å²) in [6, 6.07) is 2.53. The average Bonchev–Trinajstić information content (AvgIpc) is 2.88. The van der Waals surface area contributed by atoms with E-state index in [0.29, 0.717) is 6.07 Å². The number of nitrogens with zero attached hydrogens (tertiary/aromatic N) is 6. The number of hydrogen-bond acceptors (Lipinski definition) is 4. The molecule has 0 atom stereocenters. The molecule has 0 saturated heterocycles. The predicted octanol–water partition coefficient (Wildman–Crippen LogP) is 3.69. The van der Waals surface area contributed by atoms with Crippen molar-refractivity contribution in [3.8, 4) is 11.9 Å². The molecule has 2 aromatic rings. The first-order valence-corrected chi connectivity index (χ1v) is 7.03. The summed E-state index contributed by atoms with van der Waals surface area (Å²) in [5.41, 5.74) is -1.06. The molecule has 126 valence electrons. The van der Waals surface area contributed by atoms with E-state index in [1.807, 2.05) is 6.07 Å². The first kappa shape index (κ1) is 18.0. The van der Waals surface area contributed by atoms with Crippen LogP contribution in [0.3, 0.4) is 0 Å². The number of hydrogen-bond donors (Lipinski definition) is 0. The normalized spacial score (nSPS) is 11.8. The standard InChI is InChI=1S/C13H9Cl2F3N6/c1-23(2)6-20-11-7(4-19)5-21-24(11)12-9(14)3-8(10(15)22-12)13(16,17)18/h3,5-6H,1-2H3/b20-6+. The van der Waals surface area contributed by atoms with Gasteiger partial charge >= 0.3 is 6.18 Å². The van der Waals surface area contributed by atoms with Gasteiger partial charge in [-0.1, -0.05) is 23.2 Å². The minimum absolute atomic E-state index is 0.0661. The summed E-state index contributed by atoms with van der Waals surface area (Å²) >= 11 is 11.5. The molecule has 0 bridgehead atoms. The van der Waals surface area contributed by atoms with E-state index in [-0.39, 0.29) is 22.2 Å². The fourth-order valence-corrected chi connectivity index (χ4v) is 2.15. The second-order valence-electron chi connectivity index (χ2n) is 4.74. The van der Waals surface area contributed by atoms with E-state index in [0.717, 1.165) is 4.68 Å². The summed E-state index contributed by atoms with van der Waals surface area (Å²) in [7, 11) is 3.41. The first-order chi connectivity index (χ1) is 11.1. The number of halogens is 5. The molecule has 0 aliphatic heterocycles. The van der Waals surface area contributed by atoms with Crippen molar-refractivity contribution in [2.24, 2.45) is 4.99 Å². The maximum atomic E-state index is 12.8. The lowest BCUT2D eigenvalue weighted by Gasteiger charge is -2.12. The van der Waals surface area contributed by atoms with Crippen molar-refractivity contribution < 1.29 is 13.2 Å². The molecule has 6 nitrogen and oxygen atoms in total. The molecular formula is C13H9Cl2F3N6. The fourth-order valence-electron chi connectivity index (χ4n) is 1.67. The highest BCUT2D eigenvalue weighted by Crippen LogP contribution is 2.37. The van der Waals surface area contributed by atoms with Crippen molar-refractivity contribution in [2.45, 2.75) is 6.18 Å². The van der Waals surface area contributed by atoms with Crippen LogP contribution < -0.4 is 0 Å². The van der Waals surface area contributed by atoms with Gasteiger partial charge in [-0.2, -0.15) is 28.2 Å². The third-order valence-corrected chi connectivity index (χ3v) is 3.26. The van der Waals surface area contributed by atoms with Crippen molar-refractivity contribution in [1.82, 2.24) is 19.7 Å². The fraction of sp³-hybridized carbons (Fsp3) is 0.231. The molecule has 2 heterocycles. The molecule has 0 aliphatic rings. The van der Waals surface area contributed by atoms with Crippen molar-refractivity contribution in [1.29, 1.82) is 5.26 Å². The maximum absolute atomic E-state index is 12.8. The Balaban J connectivity index is 2.64. The number of alkyl halides is 3. The number of pyridine rings is 1. The summed E-state index contributed by atoms with van der Waals surface area (Å²) in [6.07, 6.45) is -2.10. The van der Waals surface area contributed by atoms with Gasteiger partial charge in [-0.25, -0.2) is 9.98 Å². The van der Waals surface area contributed by atoms with E-state index in [1.165, 1.54) is 12.5 Å². The van der Waals surface area contributed by atoms with E-state index in [4.69, 9.17) is 28.5 Å². The van der Waals surface area contributed by atoms with Crippen LogP contribution in [-0.4, -0.2) is 40.1 Å². The van der Waals surface area contributed by atoms with Crippen molar-refractivity contribution in [3.05, 3.63) is 33.6 Å². The van der Waals surface area contributed by atoms with Gasteiger partial charge in [0, 0.05) is 14.1 Å². The molecule has 0 spiro atoms. The predicted molar refractivity (Wildman–Crippen MR) is 82.9 cm³/mol. The Morgan fingerprint density at radius 2 is 2.04 bits per heavy atom. The zero-order chi connectivity index (χ0) is 18.1. The molecule has 11 heteroatoms. The summed E-state index contributed by atoms with van der Waals surface area (Å²) in [5, 5.41) is 11.9. The maximum Gasteiger partial charge on any atom is 0.419 e. The zero-order valence-electron chi connectivity index (χ0n) is 12.3. The van der Waals surface area contributed by atoms with E-state index in [1.54, 1.807) is 19.0 Å². The molecule has 0 unspecified atom stereocenters. The highest BCUT2D eigenvalue weighted by Gasteiger charge is 2.35. The highest BCUT2D eigenvalue weighted by molar-refractivity contribution is 6.34. The van der Waals surface area contributed by atoms with E-state index in [2.05, 4.69) is 15.1 Å². The van der Waals surface area contributed by atoms with Gasteiger partial charge in [0.1, 0.15) is 16.8 Å². The van der Waals surface area contributed by atoms with Crippen LogP contribution >= 0.6 is 23.2 Å². The minimum Gasteiger partial charge on any atom is -0.369 e. The van der Waals surface area contributed by atoms with Crippen molar-refractivity contribution >= 4 is 35.4 Å².